The minimum atomic E-state index is -0.00453. The Bertz CT molecular complexity index is 918. The first kappa shape index (κ1) is 20.8. The quantitative estimate of drug-likeness (QED) is 0.795. The highest BCUT2D eigenvalue weighted by molar-refractivity contribution is 7.15. The molecule has 1 N–H and O–H groups in total. The number of amides is 2. The molecule has 0 radical (unpaired) electrons. The summed E-state index contributed by atoms with van der Waals surface area (Å²) in [5, 5.41) is 4.15. The number of fused-ring (bicyclic) bond motifs is 1. The Morgan fingerprint density at radius 3 is 2.73 bits per heavy atom. The van der Waals surface area contributed by atoms with Gasteiger partial charge in [-0.25, -0.2) is 4.98 Å². The van der Waals surface area contributed by atoms with Gasteiger partial charge in [-0.3, -0.25) is 9.59 Å². The van der Waals surface area contributed by atoms with E-state index < -0.39 is 0 Å². The van der Waals surface area contributed by atoms with Crippen molar-refractivity contribution in [2.45, 2.75) is 46.0 Å². The van der Waals surface area contributed by atoms with E-state index in [2.05, 4.69) is 29.3 Å². The van der Waals surface area contributed by atoms with Crippen LogP contribution >= 0.6 is 11.3 Å². The van der Waals surface area contributed by atoms with Crippen molar-refractivity contribution in [3.63, 3.8) is 0 Å². The van der Waals surface area contributed by atoms with Crippen LogP contribution in [0.4, 0.5) is 10.8 Å². The van der Waals surface area contributed by atoms with E-state index in [0.717, 1.165) is 68.4 Å². The Hall–Kier alpha value is -2.41. The summed E-state index contributed by atoms with van der Waals surface area (Å²) < 4.78 is 0. The molecule has 2 aromatic rings. The molecule has 1 aliphatic heterocycles. The first-order valence-corrected chi connectivity index (χ1v) is 11.8. The van der Waals surface area contributed by atoms with Gasteiger partial charge in [0.05, 0.1) is 5.69 Å². The molecule has 0 unspecified atom stereocenters. The van der Waals surface area contributed by atoms with Gasteiger partial charge in [-0.1, -0.05) is 26.0 Å². The van der Waals surface area contributed by atoms with Gasteiger partial charge in [0.1, 0.15) is 0 Å². The molecule has 1 saturated heterocycles. The number of hydrogen-bond acceptors (Lipinski definition) is 5. The smallest absolute Gasteiger partial charge is 0.227 e. The summed E-state index contributed by atoms with van der Waals surface area (Å²) in [6, 6.07) is 8.09. The van der Waals surface area contributed by atoms with Gasteiger partial charge in [-0.05, 0) is 43.4 Å². The predicted molar refractivity (Wildman–Crippen MR) is 121 cm³/mol. The molecule has 1 aromatic heterocycles. The van der Waals surface area contributed by atoms with Crippen LogP contribution in [-0.4, -0.2) is 47.9 Å². The lowest BCUT2D eigenvalue weighted by Gasteiger charge is -2.34. The second-order valence-corrected chi connectivity index (χ2v) is 9.13. The zero-order valence-corrected chi connectivity index (χ0v) is 18.6. The van der Waals surface area contributed by atoms with Gasteiger partial charge in [0, 0.05) is 49.1 Å². The highest BCUT2D eigenvalue weighted by Gasteiger charge is 2.29. The molecule has 1 aliphatic carbocycles. The van der Waals surface area contributed by atoms with Gasteiger partial charge in [0.15, 0.2) is 5.13 Å². The minimum Gasteiger partial charge on any atom is -0.345 e. The summed E-state index contributed by atoms with van der Waals surface area (Å²) in [5.74, 6) is 0.331. The molecule has 0 spiro atoms. The number of anilines is 2. The van der Waals surface area contributed by atoms with E-state index in [0.29, 0.717) is 6.42 Å². The van der Waals surface area contributed by atoms with Crippen molar-refractivity contribution in [3.8, 4) is 0 Å². The second-order valence-electron chi connectivity index (χ2n) is 8.07. The van der Waals surface area contributed by atoms with Crippen LogP contribution in [0.5, 0.6) is 0 Å². The molecule has 160 valence electrons. The number of aromatic nitrogens is 1. The van der Waals surface area contributed by atoms with E-state index in [1.807, 2.05) is 24.0 Å². The van der Waals surface area contributed by atoms with E-state index >= 15 is 0 Å². The highest BCUT2D eigenvalue weighted by atomic mass is 32.1. The molecule has 4 rings (SSSR count). The maximum Gasteiger partial charge on any atom is 0.227 e. The van der Waals surface area contributed by atoms with Crippen LogP contribution in [0.1, 0.15) is 42.8 Å². The molecule has 1 atom stereocenters. The minimum absolute atomic E-state index is 0.00453. The lowest BCUT2D eigenvalue weighted by molar-refractivity contribution is -0.131. The Morgan fingerprint density at radius 2 is 2.00 bits per heavy atom. The number of carbonyl (C=O) groups is 2. The van der Waals surface area contributed by atoms with Crippen LogP contribution in [-0.2, 0) is 28.9 Å². The van der Waals surface area contributed by atoms with Crippen LogP contribution in [0.15, 0.2) is 24.3 Å². The summed E-state index contributed by atoms with van der Waals surface area (Å²) in [4.78, 5) is 35.1. The molecule has 0 saturated carbocycles. The summed E-state index contributed by atoms with van der Waals surface area (Å²) in [6.45, 7) is 7.21. The van der Waals surface area contributed by atoms with Crippen LogP contribution in [0.3, 0.4) is 0 Å². The largest absolute Gasteiger partial charge is 0.345 e. The number of hydrogen-bond donors (Lipinski definition) is 1. The molecule has 30 heavy (non-hydrogen) atoms. The number of aryl methyl sites for hydroxylation is 2. The number of thiazole rings is 1. The first-order valence-electron chi connectivity index (χ1n) is 11.0. The van der Waals surface area contributed by atoms with Crippen molar-refractivity contribution >= 4 is 34.0 Å². The summed E-state index contributed by atoms with van der Waals surface area (Å²) >= 11 is 1.72. The van der Waals surface area contributed by atoms with Crippen molar-refractivity contribution < 1.29 is 9.59 Å². The Kier molecular flexibility index (Phi) is 6.37. The van der Waals surface area contributed by atoms with Crippen LogP contribution in [0, 0.1) is 5.92 Å². The Morgan fingerprint density at radius 1 is 1.20 bits per heavy atom. The molecule has 7 heteroatoms. The number of nitrogens with zero attached hydrogens (tertiary/aromatic N) is 3. The topological polar surface area (TPSA) is 65.5 Å². The van der Waals surface area contributed by atoms with Gasteiger partial charge in [-0.15, -0.1) is 11.3 Å². The van der Waals surface area contributed by atoms with E-state index in [1.54, 1.807) is 11.3 Å². The van der Waals surface area contributed by atoms with E-state index in [4.69, 9.17) is 4.98 Å². The van der Waals surface area contributed by atoms with Crippen LogP contribution in [0.25, 0.3) is 0 Å². The predicted octanol–water partition coefficient (Wildman–Crippen LogP) is 3.51. The van der Waals surface area contributed by atoms with Gasteiger partial charge in [0.2, 0.25) is 11.8 Å². The fourth-order valence-corrected chi connectivity index (χ4v) is 5.44. The van der Waals surface area contributed by atoms with Crippen molar-refractivity contribution in [1.82, 2.24) is 9.88 Å². The van der Waals surface area contributed by atoms with Gasteiger partial charge in [-0.2, -0.15) is 0 Å². The van der Waals surface area contributed by atoms with Gasteiger partial charge < -0.3 is 15.1 Å². The molecular formula is C23H30N4O2S. The third kappa shape index (κ3) is 4.51. The maximum atomic E-state index is 12.8. The molecule has 2 heterocycles. The Labute approximate surface area is 182 Å². The number of piperazine rings is 1. The van der Waals surface area contributed by atoms with Crippen molar-refractivity contribution in [2.75, 3.05) is 36.4 Å². The van der Waals surface area contributed by atoms with E-state index in [1.165, 1.54) is 10.4 Å². The Balaban J connectivity index is 1.37. The van der Waals surface area contributed by atoms with Crippen molar-refractivity contribution in [1.29, 1.82) is 0 Å². The average Bonchev–Trinajstić information content (AvgIpc) is 3.22. The fraction of sp³-hybridized carbons (Fsp3) is 0.522. The monoisotopic (exact) mass is 426 g/mol. The average molecular weight is 427 g/mol. The fourth-order valence-electron chi connectivity index (χ4n) is 4.20. The van der Waals surface area contributed by atoms with Crippen molar-refractivity contribution in [3.05, 3.63) is 40.4 Å². The van der Waals surface area contributed by atoms with Crippen molar-refractivity contribution in [2.24, 2.45) is 5.92 Å². The zero-order chi connectivity index (χ0) is 21.1. The number of rotatable bonds is 5. The second kappa shape index (κ2) is 9.16. The zero-order valence-electron chi connectivity index (χ0n) is 17.8. The summed E-state index contributed by atoms with van der Waals surface area (Å²) in [6.07, 6.45) is 3.99. The number of nitrogens with one attached hydrogen (secondary N) is 1. The molecule has 0 bridgehead atoms. The molecule has 6 nitrogen and oxygen atoms in total. The van der Waals surface area contributed by atoms with Crippen LogP contribution < -0.4 is 10.2 Å². The third-order valence-electron chi connectivity index (χ3n) is 6.11. The maximum absolute atomic E-state index is 12.8. The molecule has 1 aromatic carbocycles. The summed E-state index contributed by atoms with van der Waals surface area (Å²) in [5.41, 5.74) is 3.26. The lowest BCUT2D eigenvalue weighted by atomic mass is 9.90. The lowest BCUT2D eigenvalue weighted by Crippen LogP contribution is -2.48. The van der Waals surface area contributed by atoms with E-state index in [-0.39, 0.29) is 17.7 Å². The molecule has 2 aliphatic rings. The number of benzene rings is 1. The standard InChI is InChI=1S/C23H30N4O2S/c1-3-16-6-5-7-18(14-16)24-22(29)17-8-9-19-20(15-17)30-23(25-19)27-12-10-26(11-13-27)21(28)4-2/h5-7,14,17H,3-4,8-13,15H2,1-2H3,(H,24,29)/t17-/m0/s1. The molecule has 1 fully saturated rings. The highest BCUT2D eigenvalue weighted by Crippen LogP contribution is 2.35. The van der Waals surface area contributed by atoms with Gasteiger partial charge in [0.25, 0.3) is 0 Å². The van der Waals surface area contributed by atoms with Crippen LogP contribution in [0.2, 0.25) is 0 Å². The SMILES string of the molecule is CCC(=O)N1CCN(c2nc3c(s2)C[C@@H](C(=O)Nc2cccc(CC)c2)CC3)CC1. The van der Waals surface area contributed by atoms with Gasteiger partial charge >= 0.3 is 0 Å². The third-order valence-corrected chi connectivity index (χ3v) is 7.29. The van der Waals surface area contributed by atoms with E-state index in [9.17, 15) is 9.59 Å². The molecular weight excluding hydrogens is 396 g/mol. The summed E-state index contributed by atoms with van der Waals surface area (Å²) in [7, 11) is 0. The normalized spacial score (nSPS) is 18.8. The number of carbonyl (C=O) groups excluding carboxylic acids is 2. The molecule has 2 amide bonds. The first-order chi connectivity index (χ1) is 14.6.